The highest BCUT2D eigenvalue weighted by Gasteiger charge is 2.12. The summed E-state index contributed by atoms with van der Waals surface area (Å²) in [4.78, 5) is 24.9. The molecule has 0 atom stereocenters. The van der Waals surface area contributed by atoms with E-state index in [4.69, 9.17) is 13.9 Å². The Labute approximate surface area is 186 Å². The lowest BCUT2D eigenvalue weighted by Gasteiger charge is -2.08. The van der Waals surface area contributed by atoms with Crippen LogP contribution in [0, 0.1) is 6.92 Å². The molecule has 6 heteroatoms. The van der Waals surface area contributed by atoms with Gasteiger partial charge in [0, 0.05) is 12.1 Å². The van der Waals surface area contributed by atoms with Crippen molar-refractivity contribution in [2.45, 2.75) is 6.92 Å². The van der Waals surface area contributed by atoms with Crippen LogP contribution in [0.3, 0.4) is 0 Å². The molecule has 4 rings (SSSR count). The molecule has 1 heterocycles. The summed E-state index contributed by atoms with van der Waals surface area (Å²) >= 11 is 3.38. The van der Waals surface area contributed by atoms with Crippen LogP contribution < -0.4 is 14.9 Å². The third kappa shape index (κ3) is 4.92. The predicted molar refractivity (Wildman–Crippen MR) is 123 cm³/mol. The highest BCUT2D eigenvalue weighted by atomic mass is 79.9. The first-order valence-electron chi connectivity index (χ1n) is 9.44. The summed E-state index contributed by atoms with van der Waals surface area (Å²) in [5.41, 5.74) is 2.00. The molecule has 0 unspecified atom stereocenters. The summed E-state index contributed by atoms with van der Waals surface area (Å²) in [6, 6.07) is 19.5. The van der Waals surface area contributed by atoms with Crippen molar-refractivity contribution in [2.75, 3.05) is 0 Å². The van der Waals surface area contributed by atoms with Gasteiger partial charge in [0.15, 0.2) is 0 Å². The van der Waals surface area contributed by atoms with E-state index >= 15 is 0 Å². The first-order valence-corrected chi connectivity index (χ1v) is 10.2. The van der Waals surface area contributed by atoms with Crippen molar-refractivity contribution in [3.8, 4) is 17.2 Å². The molecule has 0 aliphatic heterocycles. The molecule has 0 fully saturated rings. The molecule has 0 amide bonds. The molecule has 1 aromatic heterocycles. The lowest BCUT2D eigenvalue weighted by atomic mass is 10.1. The average Bonchev–Trinajstić information content (AvgIpc) is 2.77. The van der Waals surface area contributed by atoms with Crippen molar-refractivity contribution in [3.05, 3.63) is 105 Å². The Hall–Kier alpha value is -3.64. The van der Waals surface area contributed by atoms with Gasteiger partial charge in [0.2, 0.25) is 11.2 Å². The Kier molecular flexibility index (Phi) is 6.00. The van der Waals surface area contributed by atoms with Gasteiger partial charge in [-0.25, -0.2) is 4.79 Å². The second-order valence-corrected chi connectivity index (χ2v) is 7.64. The number of benzene rings is 3. The van der Waals surface area contributed by atoms with E-state index in [1.165, 1.54) is 18.4 Å². The number of esters is 1. The number of fused-ring (bicyclic) bond motifs is 1. The van der Waals surface area contributed by atoms with E-state index in [0.717, 1.165) is 15.6 Å². The maximum absolute atomic E-state index is 12.7. The van der Waals surface area contributed by atoms with E-state index in [1.807, 2.05) is 43.3 Å². The van der Waals surface area contributed by atoms with E-state index in [0.29, 0.717) is 11.1 Å². The zero-order valence-corrected chi connectivity index (χ0v) is 18.1. The van der Waals surface area contributed by atoms with Gasteiger partial charge in [-0.2, -0.15) is 0 Å². The molecular weight excluding hydrogens is 460 g/mol. The zero-order chi connectivity index (χ0) is 21.8. The molecule has 4 aromatic rings. The number of halogens is 1. The van der Waals surface area contributed by atoms with E-state index in [2.05, 4.69) is 15.9 Å². The van der Waals surface area contributed by atoms with Crippen LogP contribution in [0.1, 0.15) is 11.1 Å². The number of aryl methyl sites for hydroxylation is 1. The van der Waals surface area contributed by atoms with Crippen molar-refractivity contribution in [2.24, 2.45) is 0 Å². The van der Waals surface area contributed by atoms with Gasteiger partial charge >= 0.3 is 5.97 Å². The Morgan fingerprint density at radius 1 is 1.00 bits per heavy atom. The molecule has 0 saturated heterocycles. The van der Waals surface area contributed by atoms with Crippen LogP contribution >= 0.6 is 15.9 Å². The second-order valence-electron chi connectivity index (χ2n) is 6.78. The van der Waals surface area contributed by atoms with Crippen molar-refractivity contribution in [3.63, 3.8) is 0 Å². The van der Waals surface area contributed by atoms with Gasteiger partial charge in [0.05, 0.1) is 9.86 Å². The summed E-state index contributed by atoms with van der Waals surface area (Å²) in [5, 5.41) is 0.319. The molecule has 154 valence electrons. The summed E-state index contributed by atoms with van der Waals surface area (Å²) in [6.07, 6.45) is 4.26. The van der Waals surface area contributed by atoms with Gasteiger partial charge in [-0.05, 0) is 58.8 Å². The fourth-order valence-corrected chi connectivity index (χ4v) is 3.23. The van der Waals surface area contributed by atoms with Gasteiger partial charge in [-0.15, -0.1) is 0 Å². The summed E-state index contributed by atoms with van der Waals surface area (Å²) in [5.74, 6) is 0.301. The first-order chi connectivity index (χ1) is 15.0. The molecule has 0 radical (unpaired) electrons. The summed E-state index contributed by atoms with van der Waals surface area (Å²) in [6.45, 7) is 2.00. The van der Waals surface area contributed by atoms with Gasteiger partial charge in [-0.3, -0.25) is 4.79 Å². The largest absolute Gasteiger partial charge is 0.460 e. The maximum Gasteiger partial charge on any atom is 0.336 e. The van der Waals surface area contributed by atoms with Crippen LogP contribution in [0.2, 0.25) is 0 Å². The van der Waals surface area contributed by atoms with Gasteiger partial charge in [0.25, 0.3) is 0 Å². The SMILES string of the molecule is Cc1ccc(/C=C/C(=O)Oc2ccc3c(=O)c(Oc4ccccc4Br)coc3c2)cc1. The Morgan fingerprint density at radius 2 is 1.77 bits per heavy atom. The fraction of sp³-hybridized carbons (Fsp3) is 0.0400. The molecule has 0 spiro atoms. The third-order valence-corrected chi connectivity index (χ3v) is 5.13. The molecule has 3 aromatic carbocycles. The van der Waals surface area contributed by atoms with E-state index in [9.17, 15) is 9.59 Å². The van der Waals surface area contributed by atoms with Crippen LogP contribution in [-0.4, -0.2) is 5.97 Å². The van der Waals surface area contributed by atoms with Gasteiger partial charge in [-0.1, -0.05) is 42.0 Å². The van der Waals surface area contributed by atoms with Gasteiger partial charge in [0.1, 0.15) is 23.3 Å². The van der Waals surface area contributed by atoms with Crippen LogP contribution in [-0.2, 0) is 4.79 Å². The van der Waals surface area contributed by atoms with Crippen LogP contribution in [0.5, 0.6) is 17.2 Å². The molecule has 0 bridgehead atoms. The topological polar surface area (TPSA) is 65.7 Å². The number of carbonyl (C=O) groups excluding carboxylic acids is 1. The number of ether oxygens (including phenoxy) is 2. The minimum atomic E-state index is -0.531. The van der Waals surface area contributed by atoms with Gasteiger partial charge < -0.3 is 13.9 Å². The molecule has 0 saturated carbocycles. The number of hydrogen-bond acceptors (Lipinski definition) is 5. The molecule has 31 heavy (non-hydrogen) atoms. The average molecular weight is 477 g/mol. The monoisotopic (exact) mass is 476 g/mol. The van der Waals surface area contributed by atoms with Crippen molar-refractivity contribution in [1.82, 2.24) is 0 Å². The molecular formula is C25H17BrO5. The normalized spacial score (nSPS) is 11.0. The number of carbonyl (C=O) groups is 1. The maximum atomic E-state index is 12.7. The standard InChI is InChI=1S/C25H17BrO5/c1-16-6-8-17(9-7-16)10-13-24(27)30-18-11-12-19-22(14-18)29-15-23(25(19)28)31-21-5-3-2-4-20(21)26/h2-15H,1H3/b13-10+. The Balaban J connectivity index is 1.52. The van der Waals surface area contributed by atoms with Crippen LogP contribution in [0.25, 0.3) is 17.0 Å². The molecule has 0 aliphatic rings. The van der Waals surface area contributed by atoms with Crippen LogP contribution in [0.15, 0.2) is 92.8 Å². The minimum Gasteiger partial charge on any atom is -0.460 e. The predicted octanol–water partition coefficient (Wildman–Crippen LogP) is 6.28. The highest BCUT2D eigenvalue weighted by Crippen LogP contribution is 2.29. The lowest BCUT2D eigenvalue weighted by Crippen LogP contribution is -2.06. The van der Waals surface area contributed by atoms with Crippen molar-refractivity contribution >= 4 is 38.9 Å². The Bertz CT molecular complexity index is 1340. The first kappa shape index (κ1) is 20.6. The molecule has 0 N–H and O–H groups in total. The van der Waals surface area contributed by atoms with E-state index < -0.39 is 5.97 Å². The Morgan fingerprint density at radius 3 is 2.55 bits per heavy atom. The highest BCUT2D eigenvalue weighted by molar-refractivity contribution is 9.10. The van der Waals surface area contributed by atoms with Crippen LogP contribution in [0.4, 0.5) is 0 Å². The van der Waals surface area contributed by atoms with Crippen molar-refractivity contribution in [1.29, 1.82) is 0 Å². The summed E-state index contributed by atoms with van der Waals surface area (Å²) < 4.78 is 17.3. The summed E-state index contributed by atoms with van der Waals surface area (Å²) in [7, 11) is 0. The quantitative estimate of drug-likeness (QED) is 0.193. The smallest absolute Gasteiger partial charge is 0.336 e. The molecule has 5 nitrogen and oxygen atoms in total. The number of hydrogen-bond donors (Lipinski definition) is 0. The van der Waals surface area contributed by atoms with Crippen molar-refractivity contribution < 1.29 is 18.7 Å². The number of rotatable bonds is 5. The lowest BCUT2D eigenvalue weighted by molar-refractivity contribution is -0.128. The minimum absolute atomic E-state index is 0.0603. The molecule has 0 aliphatic carbocycles. The zero-order valence-electron chi connectivity index (χ0n) is 16.5. The van der Waals surface area contributed by atoms with E-state index in [-0.39, 0.29) is 22.5 Å². The van der Waals surface area contributed by atoms with E-state index in [1.54, 1.807) is 30.3 Å². The number of para-hydroxylation sites is 1. The second kappa shape index (κ2) is 9.02. The fourth-order valence-electron chi connectivity index (χ4n) is 2.86. The third-order valence-electron chi connectivity index (χ3n) is 4.48.